The highest BCUT2D eigenvalue weighted by atomic mass is 79.9. The van der Waals surface area contributed by atoms with Gasteiger partial charge in [0.05, 0.1) is 14.2 Å². The molecule has 0 aromatic heterocycles. The number of methoxy groups -OCH3 is 2. The van der Waals surface area contributed by atoms with Crippen molar-refractivity contribution in [3.05, 3.63) is 22.2 Å². The molecule has 0 amide bonds. The summed E-state index contributed by atoms with van der Waals surface area (Å²) >= 11 is 3.55. The van der Waals surface area contributed by atoms with Crippen LogP contribution in [0, 0.1) is 5.92 Å². The van der Waals surface area contributed by atoms with E-state index in [-0.39, 0.29) is 6.04 Å². The summed E-state index contributed by atoms with van der Waals surface area (Å²) in [7, 11) is 3.34. The van der Waals surface area contributed by atoms with E-state index < -0.39 is 0 Å². The van der Waals surface area contributed by atoms with Crippen molar-refractivity contribution in [3.8, 4) is 11.5 Å². The van der Waals surface area contributed by atoms with Gasteiger partial charge in [-0.3, -0.25) is 0 Å². The molecule has 0 spiro atoms. The van der Waals surface area contributed by atoms with Crippen molar-refractivity contribution >= 4 is 15.9 Å². The van der Waals surface area contributed by atoms with E-state index in [2.05, 4.69) is 15.9 Å². The minimum absolute atomic E-state index is 0.0326. The summed E-state index contributed by atoms with van der Waals surface area (Å²) in [5.41, 5.74) is 7.61. The van der Waals surface area contributed by atoms with Crippen LogP contribution in [-0.2, 0) is 0 Å². The topological polar surface area (TPSA) is 44.5 Å². The van der Waals surface area contributed by atoms with E-state index in [0.717, 1.165) is 21.5 Å². The molecule has 0 bridgehead atoms. The predicted octanol–water partition coefficient (Wildman–Crippen LogP) is 4.44. The van der Waals surface area contributed by atoms with Crippen LogP contribution in [0.1, 0.15) is 50.1 Å². The number of halogens is 1. The summed E-state index contributed by atoms with van der Waals surface area (Å²) in [4.78, 5) is 0. The predicted molar refractivity (Wildman–Crippen MR) is 85.4 cm³/mol. The third-order valence-electron chi connectivity index (χ3n) is 4.28. The first kappa shape index (κ1) is 15.6. The second kappa shape index (κ2) is 7.32. The molecule has 3 nitrogen and oxygen atoms in total. The maximum absolute atomic E-state index is 6.53. The monoisotopic (exact) mass is 341 g/mol. The van der Waals surface area contributed by atoms with Gasteiger partial charge in [0.25, 0.3) is 0 Å². The molecule has 1 aliphatic rings. The number of nitrogens with two attached hydrogens (primary N) is 1. The largest absolute Gasteiger partial charge is 0.495 e. The molecule has 1 fully saturated rings. The molecule has 20 heavy (non-hydrogen) atoms. The molecule has 0 heterocycles. The van der Waals surface area contributed by atoms with Crippen molar-refractivity contribution in [3.63, 3.8) is 0 Å². The fourth-order valence-corrected chi connectivity index (χ4v) is 3.79. The van der Waals surface area contributed by atoms with Crippen LogP contribution in [-0.4, -0.2) is 14.2 Å². The second-order valence-corrected chi connectivity index (χ2v) is 6.27. The van der Waals surface area contributed by atoms with Gasteiger partial charge in [-0.1, -0.05) is 25.7 Å². The van der Waals surface area contributed by atoms with E-state index in [1.807, 2.05) is 12.1 Å². The lowest BCUT2D eigenvalue weighted by Gasteiger charge is -2.25. The van der Waals surface area contributed by atoms with Crippen LogP contribution in [0.4, 0.5) is 0 Å². The van der Waals surface area contributed by atoms with Gasteiger partial charge in [-0.25, -0.2) is 0 Å². The van der Waals surface area contributed by atoms with Crippen LogP contribution in [0.15, 0.2) is 16.6 Å². The fourth-order valence-electron chi connectivity index (χ4n) is 3.10. The maximum atomic E-state index is 6.53. The smallest absolute Gasteiger partial charge is 0.141 e. The van der Waals surface area contributed by atoms with Crippen molar-refractivity contribution in [1.29, 1.82) is 0 Å². The number of ether oxygens (including phenoxy) is 2. The molecule has 2 rings (SSSR count). The minimum atomic E-state index is 0.0326. The minimum Gasteiger partial charge on any atom is -0.495 e. The van der Waals surface area contributed by atoms with Gasteiger partial charge >= 0.3 is 0 Å². The Morgan fingerprint density at radius 1 is 1.10 bits per heavy atom. The zero-order chi connectivity index (χ0) is 14.5. The highest BCUT2D eigenvalue weighted by Crippen LogP contribution is 2.42. The number of hydrogen-bond acceptors (Lipinski definition) is 3. The number of benzene rings is 1. The summed E-state index contributed by atoms with van der Waals surface area (Å²) in [5.74, 6) is 2.13. The highest BCUT2D eigenvalue weighted by Gasteiger charge is 2.25. The third kappa shape index (κ3) is 3.29. The summed E-state index contributed by atoms with van der Waals surface area (Å²) in [5, 5.41) is 0. The van der Waals surface area contributed by atoms with Gasteiger partial charge in [-0.05, 0) is 46.8 Å². The van der Waals surface area contributed by atoms with Crippen molar-refractivity contribution in [1.82, 2.24) is 0 Å². The lowest BCUT2D eigenvalue weighted by molar-refractivity contribution is 0.352. The summed E-state index contributed by atoms with van der Waals surface area (Å²) in [6.07, 6.45) is 7.69. The number of rotatable bonds is 4. The van der Waals surface area contributed by atoms with E-state index in [0.29, 0.717) is 5.92 Å². The average molecular weight is 342 g/mol. The van der Waals surface area contributed by atoms with Crippen LogP contribution in [0.25, 0.3) is 0 Å². The first-order valence-electron chi connectivity index (χ1n) is 7.35. The van der Waals surface area contributed by atoms with Crippen molar-refractivity contribution in [2.24, 2.45) is 11.7 Å². The standard InChI is InChI=1S/C16H24BrNO2/c1-19-13-10-9-12(16(20-2)14(13)17)15(18)11-7-5-3-4-6-8-11/h9-11,15H,3-8,18H2,1-2H3. The Bertz CT molecular complexity index is 442. The van der Waals surface area contributed by atoms with E-state index >= 15 is 0 Å². The van der Waals surface area contributed by atoms with Crippen LogP contribution >= 0.6 is 15.9 Å². The Morgan fingerprint density at radius 3 is 2.30 bits per heavy atom. The quantitative estimate of drug-likeness (QED) is 0.823. The Hall–Kier alpha value is -0.740. The second-order valence-electron chi connectivity index (χ2n) is 5.48. The van der Waals surface area contributed by atoms with Gasteiger partial charge in [0.15, 0.2) is 0 Å². The molecule has 112 valence electrons. The van der Waals surface area contributed by atoms with Crippen molar-refractivity contribution < 1.29 is 9.47 Å². The Kier molecular flexibility index (Phi) is 5.73. The van der Waals surface area contributed by atoms with Crippen LogP contribution in [0.2, 0.25) is 0 Å². The van der Waals surface area contributed by atoms with E-state index in [1.165, 1.54) is 38.5 Å². The molecule has 0 radical (unpaired) electrons. The van der Waals surface area contributed by atoms with Crippen molar-refractivity contribution in [2.45, 2.75) is 44.6 Å². The van der Waals surface area contributed by atoms with Gasteiger partial charge in [0.2, 0.25) is 0 Å². The first-order chi connectivity index (χ1) is 9.69. The lowest BCUT2D eigenvalue weighted by Crippen LogP contribution is -2.22. The first-order valence-corrected chi connectivity index (χ1v) is 8.14. The van der Waals surface area contributed by atoms with Crippen LogP contribution < -0.4 is 15.2 Å². The summed E-state index contributed by atoms with van der Waals surface area (Å²) in [6.45, 7) is 0. The lowest BCUT2D eigenvalue weighted by atomic mass is 9.87. The van der Waals surface area contributed by atoms with E-state index in [9.17, 15) is 0 Å². The maximum Gasteiger partial charge on any atom is 0.141 e. The molecular formula is C16H24BrNO2. The van der Waals surface area contributed by atoms with Crippen LogP contribution in [0.5, 0.6) is 11.5 Å². The molecule has 1 atom stereocenters. The average Bonchev–Trinajstić information content (AvgIpc) is 2.75. The zero-order valence-electron chi connectivity index (χ0n) is 12.3. The highest BCUT2D eigenvalue weighted by molar-refractivity contribution is 9.10. The normalized spacial score (nSPS) is 18.4. The zero-order valence-corrected chi connectivity index (χ0v) is 13.9. The molecule has 1 aromatic carbocycles. The van der Waals surface area contributed by atoms with Gasteiger partial charge < -0.3 is 15.2 Å². The molecule has 0 saturated heterocycles. The molecule has 1 aromatic rings. The molecule has 0 aliphatic heterocycles. The van der Waals surface area contributed by atoms with Gasteiger partial charge in [0.1, 0.15) is 16.0 Å². The van der Waals surface area contributed by atoms with Gasteiger partial charge in [-0.15, -0.1) is 0 Å². The molecule has 1 aliphatic carbocycles. The van der Waals surface area contributed by atoms with E-state index in [1.54, 1.807) is 14.2 Å². The van der Waals surface area contributed by atoms with Crippen LogP contribution in [0.3, 0.4) is 0 Å². The molecule has 2 N–H and O–H groups in total. The SMILES string of the molecule is COc1ccc(C(N)C2CCCCCC2)c(OC)c1Br. The summed E-state index contributed by atoms with van der Waals surface area (Å²) < 4.78 is 11.7. The van der Waals surface area contributed by atoms with Gasteiger partial charge in [0, 0.05) is 11.6 Å². The fraction of sp³-hybridized carbons (Fsp3) is 0.625. The van der Waals surface area contributed by atoms with Gasteiger partial charge in [-0.2, -0.15) is 0 Å². The number of hydrogen-bond donors (Lipinski definition) is 1. The van der Waals surface area contributed by atoms with E-state index in [4.69, 9.17) is 15.2 Å². The molecular weight excluding hydrogens is 318 g/mol. The summed E-state index contributed by atoms with van der Waals surface area (Å²) in [6, 6.07) is 4.03. The molecule has 1 saturated carbocycles. The van der Waals surface area contributed by atoms with Crippen molar-refractivity contribution in [2.75, 3.05) is 14.2 Å². The molecule has 4 heteroatoms. The third-order valence-corrected chi connectivity index (χ3v) is 5.03. The Morgan fingerprint density at radius 2 is 1.75 bits per heavy atom. The molecule has 1 unspecified atom stereocenters. The Balaban J connectivity index is 2.28. The Labute approximate surface area is 130 Å².